The zero-order chi connectivity index (χ0) is 12.5. The van der Waals surface area contributed by atoms with Crippen LogP contribution in [0.25, 0.3) is 0 Å². The molecule has 0 aliphatic carbocycles. The molecule has 0 amide bonds. The van der Waals surface area contributed by atoms with Gasteiger partial charge in [0.1, 0.15) is 10.0 Å². The molecule has 0 radical (unpaired) electrons. The molecule has 0 unspecified atom stereocenters. The molecule has 1 rings (SSSR count). The Hall–Kier alpha value is 0.1000. The number of benzene rings is 1. The van der Waals surface area contributed by atoms with Crippen LogP contribution in [0.1, 0.15) is 0 Å². The molecule has 0 saturated carbocycles. The van der Waals surface area contributed by atoms with Crippen molar-refractivity contribution >= 4 is 64.0 Å². The van der Waals surface area contributed by atoms with E-state index in [4.69, 9.17) is 68.5 Å². The first-order valence-corrected chi connectivity index (χ1v) is 5.71. The van der Waals surface area contributed by atoms with Gasteiger partial charge in [-0.1, -0.05) is 58.0 Å². The van der Waals surface area contributed by atoms with Crippen molar-refractivity contribution in [1.82, 2.24) is 0 Å². The van der Waals surface area contributed by atoms with Crippen molar-refractivity contribution in [2.45, 2.75) is 0 Å². The number of esters is 1. The molecule has 0 spiro atoms. The molecule has 1 aromatic rings. The van der Waals surface area contributed by atoms with Crippen LogP contribution in [0.15, 0.2) is 0 Å². The second-order valence-corrected chi connectivity index (χ2v) is 4.47. The van der Waals surface area contributed by atoms with E-state index in [9.17, 15) is 4.79 Å². The lowest BCUT2D eigenvalue weighted by Crippen LogP contribution is -2.19. The Morgan fingerprint density at radius 3 is 1.69 bits per heavy atom. The highest BCUT2D eigenvalue weighted by Gasteiger charge is 2.22. The smallest absolute Gasteiger partial charge is 0.325 e. The van der Waals surface area contributed by atoms with Crippen molar-refractivity contribution in [3.63, 3.8) is 0 Å². The highest BCUT2D eigenvalue weighted by atomic mass is 35.5. The van der Waals surface area contributed by atoms with Gasteiger partial charge in [0, 0.05) is 0 Å². The fourth-order valence-corrected chi connectivity index (χ4v) is 2.03. The first-order chi connectivity index (χ1) is 7.40. The first kappa shape index (κ1) is 14.2. The van der Waals surface area contributed by atoms with Crippen LogP contribution in [0.5, 0.6) is 5.75 Å². The summed E-state index contributed by atoms with van der Waals surface area (Å²) in [4.78, 5) is 11.0. The van der Waals surface area contributed by atoms with E-state index in [2.05, 4.69) is 0 Å². The van der Waals surface area contributed by atoms with E-state index in [-0.39, 0.29) is 37.4 Å². The van der Waals surface area contributed by atoms with Crippen LogP contribution in [-0.2, 0) is 4.79 Å². The molecule has 88 valence electrons. The van der Waals surface area contributed by atoms with Crippen LogP contribution < -0.4 is 10.5 Å². The summed E-state index contributed by atoms with van der Waals surface area (Å²) in [5, 5.41) is -0.285. The summed E-state index contributed by atoms with van der Waals surface area (Å²) in [6.07, 6.45) is 0. The average Bonchev–Trinajstić information content (AvgIpc) is 2.29. The normalized spacial score (nSPS) is 10.4. The van der Waals surface area contributed by atoms with Crippen molar-refractivity contribution in [3.05, 3.63) is 25.1 Å². The minimum atomic E-state index is -0.724. The van der Waals surface area contributed by atoms with Crippen LogP contribution in [0.4, 0.5) is 0 Å². The van der Waals surface area contributed by atoms with Crippen LogP contribution in [0, 0.1) is 0 Å². The van der Waals surface area contributed by atoms with E-state index in [0.29, 0.717) is 0 Å². The predicted molar refractivity (Wildman–Crippen MR) is 66.2 cm³/mol. The summed E-state index contributed by atoms with van der Waals surface area (Å²) in [6.45, 7) is -0.329. The van der Waals surface area contributed by atoms with Crippen molar-refractivity contribution in [2.24, 2.45) is 5.73 Å². The number of hydrogen-bond donors (Lipinski definition) is 1. The Morgan fingerprint density at radius 1 is 0.938 bits per heavy atom. The van der Waals surface area contributed by atoms with E-state index in [1.807, 2.05) is 0 Å². The van der Waals surface area contributed by atoms with Crippen molar-refractivity contribution < 1.29 is 9.53 Å². The number of carbonyl (C=O) groups excluding carboxylic acids is 1. The molecule has 8 heteroatoms. The molecule has 0 aromatic heterocycles. The zero-order valence-electron chi connectivity index (χ0n) is 7.49. The van der Waals surface area contributed by atoms with Gasteiger partial charge in [0.2, 0.25) is 0 Å². The minimum Gasteiger partial charge on any atom is -0.422 e. The minimum absolute atomic E-state index is 0.00844. The van der Waals surface area contributed by atoms with Gasteiger partial charge in [-0.25, -0.2) is 0 Å². The molecule has 0 saturated heterocycles. The van der Waals surface area contributed by atoms with Crippen molar-refractivity contribution in [2.75, 3.05) is 6.54 Å². The second-order valence-electron chi connectivity index (χ2n) is 2.58. The molecule has 0 aliphatic heterocycles. The molecule has 2 N–H and O–H groups in total. The topological polar surface area (TPSA) is 52.3 Å². The Morgan fingerprint density at radius 2 is 1.31 bits per heavy atom. The average molecular weight is 323 g/mol. The monoisotopic (exact) mass is 321 g/mol. The van der Waals surface area contributed by atoms with Crippen LogP contribution in [-0.4, -0.2) is 12.5 Å². The number of hydrogen-bond acceptors (Lipinski definition) is 3. The van der Waals surface area contributed by atoms with Crippen molar-refractivity contribution in [3.8, 4) is 5.75 Å². The number of carbonyl (C=O) groups is 1. The maximum atomic E-state index is 11.0. The van der Waals surface area contributed by atoms with E-state index >= 15 is 0 Å². The molecular weight excluding hydrogens is 319 g/mol. The molecule has 0 atom stereocenters. The summed E-state index contributed by atoms with van der Waals surface area (Å²) in [5.74, 6) is -0.878. The van der Waals surface area contributed by atoms with Crippen LogP contribution in [0.3, 0.4) is 0 Å². The van der Waals surface area contributed by atoms with Crippen molar-refractivity contribution in [1.29, 1.82) is 0 Å². The Labute approximate surface area is 116 Å². The number of rotatable bonds is 2. The molecule has 0 bridgehead atoms. The summed E-state index contributed by atoms with van der Waals surface area (Å²) in [7, 11) is 0. The third-order valence-electron chi connectivity index (χ3n) is 1.55. The summed E-state index contributed by atoms with van der Waals surface area (Å²) in [6, 6.07) is 0. The molecule has 0 heterocycles. The van der Waals surface area contributed by atoms with Gasteiger partial charge in [-0.15, -0.1) is 0 Å². The van der Waals surface area contributed by atoms with Crippen LogP contribution in [0.2, 0.25) is 25.1 Å². The molecule has 0 fully saturated rings. The summed E-state index contributed by atoms with van der Waals surface area (Å²) < 4.78 is 4.79. The largest absolute Gasteiger partial charge is 0.422 e. The molecule has 0 aliphatic rings. The van der Waals surface area contributed by atoms with E-state index in [0.717, 1.165) is 0 Å². The van der Waals surface area contributed by atoms with Gasteiger partial charge < -0.3 is 10.5 Å². The maximum Gasteiger partial charge on any atom is 0.325 e. The van der Waals surface area contributed by atoms with Crippen LogP contribution >= 0.6 is 58.0 Å². The Bertz CT molecular complexity index is 420. The summed E-state index contributed by atoms with van der Waals surface area (Å²) in [5.41, 5.74) is 5.07. The SMILES string of the molecule is NCC(=O)Oc1c(Cl)c(Cl)c(Cl)c(Cl)c1Cl. The zero-order valence-corrected chi connectivity index (χ0v) is 11.3. The van der Waals surface area contributed by atoms with Gasteiger partial charge in [0.15, 0.2) is 5.75 Å². The predicted octanol–water partition coefficient (Wildman–Crippen LogP) is 3.82. The number of nitrogens with two attached hydrogens (primary N) is 1. The van der Waals surface area contributed by atoms with Gasteiger partial charge in [-0.3, -0.25) is 4.79 Å². The van der Waals surface area contributed by atoms with E-state index in [1.165, 1.54) is 0 Å². The van der Waals surface area contributed by atoms with Gasteiger partial charge in [0.05, 0.1) is 21.6 Å². The third-order valence-corrected chi connectivity index (χ3v) is 3.79. The second kappa shape index (κ2) is 5.63. The fourth-order valence-electron chi connectivity index (χ4n) is 0.830. The highest BCUT2D eigenvalue weighted by molar-refractivity contribution is 6.55. The number of halogens is 5. The molecular formula is C8H4Cl5NO2. The van der Waals surface area contributed by atoms with E-state index < -0.39 is 5.97 Å². The summed E-state index contributed by atoms with van der Waals surface area (Å²) >= 11 is 28.8. The van der Waals surface area contributed by atoms with E-state index in [1.54, 1.807) is 0 Å². The lowest BCUT2D eigenvalue weighted by atomic mass is 10.3. The lowest BCUT2D eigenvalue weighted by molar-refractivity contribution is -0.132. The Kier molecular flexibility index (Phi) is 4.98. The highest BCUT2D eigenvalue weighted by Crippen LogP contribution is 2.48. The maximum absolute atomic E-state index is 11.0. The van der Waals surface area contributed by atoms with Gasteiger partial charge >= 0.3 is 5.97 Å². The number of ether oxygens (including phenoxy) is 1. The molecule has 3 nitrogen and oxygen atoms in total. The van der Waals surface area contributed by atoms with Gasteiger partial charge in [0.25, 0.3) is 0 Å². The fraction of sp³-hybridized carbons (Fsp3) is 0.125. The first-order valence-electron chi connectivity index (χ1n) is 3.82. The molecule has 1 aromatic carbocycles. The van der Waals surface area contributed by atoms with Gasteiger partial charge in [-0.05, 0) is 0 Å². The quantitative estimate of drug-likeness (QED) is 0.390. The Balaban J connectivity index is 3.34. The third kappa shape index (κ3) is 2.67. The molecule has 16 heavy (non-hydrogen) atoms. The standard InChI is InChI=1S/C8H4Cl5NO2/c9-3-4(10)6(12)8(7(13)5(3)11)16-2(15)1-14/h1,14H2. The van der Waals surface area contributed by atoms with Gasteiger partial charge in [-0.2, -0.15) is 0 Å². The lowest BCUT2D eigenvalue weighted by Gasteiger charge is -2.11.